The summed E-state index contributed by atoms with van der Waals surface area (Å²) in [5.41, 5.74) is 3.18. The van der Waals surface area contributed by atoms with Crippen molar-refractivity contribution < 1.29 is 0 Å². The zero-order valence-corrected chi connectivity index (χ0v) is 9.67. The van der Waals surface area contributed by atoms with Crippen molar-refractivity contribution in [2.75, 3.05) is 0 Å². The highest BCUT2D eigenvalue weighted by atomic mass is 15.1. The van der Waals surface area contributed by atoms with Crippen molar-refractivity contribution in [1.29, 1.82) is 0 Å². The van der Waals surface area contributed by atoms with Crippen LogP contribution in [0.1, 0.15) is 12.6 Å². The van der Waals surface area contributed by atoms with Crippen molar-refractivity contribution in [2.24, 2.45) is 0 Å². The van der Waals surface area contributed by atoms with Gasteiger partial charge in [0.25, 0.3) is 0 Å². The normalized spacial score (nSPS) is 10.9. The lowest BCUT2D eigenvalue weighted by Gasteiger charge is -2.04. The van der Waals surface area contributed by atoms with Crippen molar-refractivity contribution >= 4 is 11.0 Å². The van der Waals surface area contributed by atoms with E-state index in [4.69, 9.17) is 0 Å². The van der Waals surface area contributed by atoms with Crippen LogP contribution in [0.5, 0.6) is 0 Å². The summed E-state index contributed by atoms with van der Waals surface area (Å²) in [5.74, 6) is 0.929. The Labute approximate surface area is 99.8 Å². The van der Waals surface area contributed by atoms with Crippen molar-refractivity contribution in [2.45, 2.75) is 13.3 Å². The van der Waals surface area contributed by atoms with Gasteiger partial charge in [0.05, 0.1) is 11.0 Å². The van der Waals surface area contributed by atoms with Crippen LogP contribution in [-0.2, 0) is 6.42 Å². The molecule has 0 aliphatic carbocycles. The minimum absolute atomic E-state index is 0.929. The number of nitrogens with zero attached hydrogens (tertiary/aromatic N) is 3. The highest BCUT2D eigenvalue weighted by Crippen LogP contribution is 2.16. The van der Waals surface area contributed by atoms with E-state index < -0.39 is 0 Å². The second kappa shape index (κ2) is 4.01. The third-order valence-electron chi connectivity index (χ3n) is 2.85. The van der Waals surface area contributed by atoms with E-state index in [-0.39, 0.29) is 0 Å². The molecule has 0 amide bonds. The van der Waals surface area contributed by atoms with Crippen LogP contribution in [0.2, 0.25) is 0 Å². The van der Waals surface area contributed by atoms with E-state index in [0.29, 0.717) is 0 Å². The molecule has 0 radical (unpaired) electrons. The number of hydrogen-bond acceptors (Lipinski definition) is 2. The molecule has 0 aliphatic heterocycles. The van der Waals surface area contributed by atoms with Crippen LogP contribution in [0, 0.1) is 0 Å². The summed E-state index contributed by atoms with van der Waals surface area (Å²) in [7, 11) is 0. The minimum atomic E-state index is 0.929. The molecule has 3 aromatic rings. The lowest BCUT2D eigenvalue weighted by atomic mass is 10.3. The molecule has 2 aromatic heterocycles. The Kier molecular flexibility index (Phi) is 2.37. The average molecular weight is 223 g/mol. The van der Waals surface area contributed by atoms with E-state index in [9.17, 15) is 0 Å². The third-order valence-corrected chi connectivity index (χ3v) is 2.85. The molecule has 3 nitrogen and oxygen atoms in total. The Morgan fingerprint density at radius 2 is 1.94 bits per heavy atom. The predicted molar refractivity (Wildman–Crippen MR) is 68.2 cm³/mol. The quantitative estimate of drug-likeness (QED) is 0.668. The largest absolute Gasteiger partial charge is 0.283 e. The second-order valence-electron chi connectivity index (χ2n) is 3.94. The number of fused-ring (bicyclic) bond motifs is 1. The van der Waals surface area contributed by atoms with Crippen LogP contribution in [0.15, 0.2) is 48.8 Å². The van der Waals surface area contributed by atoms with E-state index >= 15 is 0 Å². The summed E-state index contributed by atoms with van der Waals surface area (Å²) in [6.07, 6.45) is 2.77. The van der Waals surface area contributed by atoms with Crippen LogP contribution in [-0.4, -0.2) is 14.5 Å². The summed E-state index contributed by atoms with van der Waals surface area (Å²) in [5, 5.41) is 0. The molecular formula is C14H13N3. The first-order valence-electron chi connectivity index (χ1n) is 5.77. The van der Waals surface area contributed by atoms with Crippen molar-refractivity contribution in [3.8, 4) is 5.82 Å². The van der Waals surface area contributed by atoms with Gasteiger partial charge in [-0.25, -0.2) is 9.97 Å². The number of rotatable bonds is 2. The van der Waals surface area contributed by atoms with Crippen LogP contribution < -0.4 is 0 Å². The van der Waals surface area contributed by atoms with Crippen LogP contribution >= 0.6 is 0 Å². The maximum Gasteiger partial charge on any atom is 0.138 e. The SMILES string of the molecule is CCc1cccc(-n2cnc3ccccc32)n1. The van der Waals surface area contributed by atoms with Crippen LogP contribution in [0.3, 0.4) is 0 Å². The Hall–Kier alpha value is -2.16. The lowest BCUT2D eigenvalue weighted by molar-refractivity contribution is 0.959. The first kappa shape index (κ1) is 10.0. The topological polar surface area (TPSA) is 30.7 Å². The van der Waals surface area contributed by atoms with Gasteiger partial charge in [-0.3, -0.25) is 4.57 Å². The molecule has 0 saturated heterocycles. The molecule has 17 heavy (non-hydrogen) atoms. The fraction of sp³-hybridized carbons (Fsp3) is 0.143. The van der Waals surface area contributed by atoms with Gasteiger partial charge in [0.2, 0.25) is 0 Å². The van der Waals surface area contributed by atoms with Crippen molar-refractivity contribution in [1.82, 2.24) is 14.5 Å². The molecule has 0 atom stereocenters. The zero-order valence-electron chi connectivity index (χ0n) is 9.67. The van der Waals surface area contributed by atoms with E-state index in [0.717, 1.165) is 29.0 Å². The molecule has 1 aromatic carbocycles. The maximum absolute atomic E-state index is 4.61. The minimum Gasteiger partial charge on any atom is -0.283 e. The van der Waals surface area contributed by atoms with Gasteiger partial charge in [0.15, 0.2) is 0 Å². The van der Waals surface area contributed by atoms with Crippen LogP contribution in [0.25, 0.3) is 16.9 Å². The first-order valence-corrected chi connectivity index (χ1v) is 5.77. The molecule has 0 N–H and O–H groups in total. The molecule has 3 heteroatoms. The maximum atomic E-state index is 4.61. The Bertz CT molecular complexity index is 655. The number of para-hydroxylation sites is 2. The Balaban J connectivity index is 2.20. The third kappa shape index (κ3) is 1.69. The number of imidazole rings is 1. The zero-order chi connectivity index (χ0) is 11.7. The van der Waals surface area contributed by atoms with E-state index in [1.165, 1.54) is 0 Å². The highest BCUT2D eigenvalue weighted by molar-refractivity contribution is 5.76. The van der Waals surface area contributed by atoms with Crippen molar-refractivity contribution in [3.05, 3.63) is 54.5 Å². The lowest BCUT2D eigenvalue weighted by Crippen LogP contribution is -1.98. The van der Waals surface area contributed by atoms with E-state index in [1.807, 2.05) is 47.3 Å². The Morgan fingerprint density at radius 1 is 1.06 bits per heavy atom. The fourth-order valence-corrected chi connectivity index (χ4v) is 1.94. The molecule has 0 fully saturated rings. The van der Waals surface area contributed by atoms with Gasteiger partial charge >= 0.3 is 0 Å². The van der Waals surface area contributed by atoms with E-state index in [2.05, 4.69) is 23.0 Å². The summed E-state index contributed by atoms with van der Waals surface area (Å²) in [6, 6.07) is 14.2. The summed E-state index contributed by atoms with van der Waals surface area (Å²) in [4.78, 5) is 8.98. The van der Waals surface area contributed by atoms with Gasteiger partial charge in [-0.15, -0.1) is 0 Å². The number of pyridine rings is 1. The summed E-state index contributed by atoms with van der Waals surface area (Å²) in [6.45, 7) is 2.11. The molecular weight excluding hydrogens is 210 g/mol. The number of aromatic nitrogens is 3. The van der Waals surface area contributed by atoms with Crippen molar-refractivity contribution in [3.63, 3.8) is 0 Å². The highest BCUT2D eigenvalue weighted by Gasteiger charge is 2.04. The van der Waals surface area contributed by atoms with Gasteiger partial charge in [0.1, 0.15) is 12.1 Å². The van der Waals surface area contributed by atoms with Gasteiger partial charge in [-0.2, -0.15) is 0 Å². The molecule has 0 saturated carbocycles. The standard InChI is InChI=1S/C14H13N3/c1-2-11-6-5-9-14(16-11)17-10-15-12-7-3-4-8-13(12)17/h3-10H,2H2,1H3. The average Bonchev–Trinajstić information content (AvgIpc) is 2.82. The summed E-state index contributed by atoms with van der Waals surface area (Å²) >= 11 is 0. The number of benzene rings is 1. The molecule has 2 heterocycles. The molecule has 0 spiro atoms. The van der Waals surface area contributed by atoms with Crippen LogP contribution in [0.4, 0.5) is 0 Å². The molecule has 3 rings (SSSR count). The molecule has 84 valence electrons. The smallest absolute Gasteiger partial charge is 0.138 e. The van der Waals surface area contributed by atoms with Gasteiger partial charge in [-0.1, -0.05) is 25.1 Å². The Morgan fingerprint density at radius 3 is 2.82 bits per heavy atom. The summed E-state index contributed by atoms with van der Waals surface area (Å²) < 4.78 is 2.02. The number of aryl methyl sites for hydroxylation is 1. The van der Waals surface area contributed by atoms with Gasteiger partial charge in [0, 0.05) is 5.69 Å². The molecule has 0 aliphatic rings. The van der Waals surface area contributed by atoms with E-state index in [1.54, 1.807) is 0 Å². The molecule has 0 bridgehead atoms. The monoisotopic (exact) mass is 223 g/mol. The second-order valence-corrected chi connectivity index (χ2v) is 3.94. The van der Waals surface area contributed by atoms with Gasteiger partial charge in [-0.05, 0) is 30.7 Å². The predicted octanol–water partition coefficient (Wildman–Crippen LogP) is 2.98. The fourth-order valence-electron chi connectivity index (χ4n) is 1.94. The molecule has 0 unspecified atom stereocenters. The van der Waals surface area contributed by atoms with Gasteiger partial charge < -0.3 is 0 Å². The number of hydrogen-bond donors (Lipinski definition) is 0. The first-order chi connectivity index (χ1) is 8.38.